The number of benzene rings is 1. The molecule has 0 radical (unpaired) electrons. The molecule has 1 aromatic rings. The SMILES string of the molecule is COc1ccc(CCC(=O)NOCC(=O)O)cc1. The molecule has 0 unspecified atom stereocenters. The van der Waals surface area contributed by atoms with Crippen molar-refractivity contribution in [3.05, 3.63) is 29.8 Å². The van der Waals surface area contributed by atoms with Crippen LogP contribution in [0.2, 0.25) is 0 Å². The maximum atomic E-state index is 11.3. The van der Waals surface area contributed by atoms with Gasteiger partial charge in [-0.1, -0.05) is 12.1 Å². The van der Waals surface area contributed by atoms with Crippen molar-refractivity contribution in [3.63, 3.8) is 0 Å². The lowest BCUT2D eigenvalue weighted by atomic mass is 10.1. The Labute approximate surface area is 104 Å². The second-order valence-corrected chi connectivity index (χ2v) is 3.56. The van der Waals surface area contributed by atoms with E-state index in [9.17, 15) is 9.59 Å². The maximum Gasteiger partial charge on any atom is 0.332 e. The Bertz CT molecular complexity index is 401. The number of carbonyl (C=O) groups excluding carboxylic acids is 1. The van der Waals surface area contributed by atoms with E-state index in [1.807, 2.05) is 24.3 Å². The highest BCUT2D eigenvalue weighted by Crippen LogP contribution is 2.12. The lowest BCUT2D eigenvalue weighted by molar-refractivity contribution is -0.149. The molecule has 0 aliphatic heterocycles. The number of aryl methyl sites for hydroxylation is 1. The molecule has 0 heterocycles. The minimum Gasteiger partial charge on any atom is -0.497 e. The van der Waals surface area contributed by atoms with Gasteiger partial charge in [0.25, 0.3) is 0 Å². The monoisotopic (exact) mass is 253 g/mol. The van der Waals surface area contributed by atoms with Crippen LogP contribution in [0.4, 0.5) is 0 Å². The van der Waals surface area contributed by atoms with Crippen LogP contribution in [0.5, 0.6) is 5.75 Å². The van der Waals surface area contributed by atoms with Crippen molar-refractivity contribution in [2.24, 2.45) is 0 Å². The van der Waals surface area contributed by atoms with Crippen molar-refractivity contribution >= 4 is 11.9 Å². The summed E-state index contributed by atoms with van der Waals surface area (Å²) in [7, 11) is 1.59. The molecule has 0 bridgehead atoms. The molecule has 0 saturated heterocycles. The van der Waals surface area contributed by atoms with Gasteiger partial charge in [0.2, 0.25) is 5.91 Å². The first-order chi connectivity index (χ1) is 8.61. The highest BCUT2D eigenvalue weighted by molar-refractivity contribution is 5.75. The van der Waals surface area contributed by atoms with Gasteiger partial charge in [0.1, 0.15) is 5.75 Å². The number of amides is 1. The summed E-state index contributed by atoms with van der Waals surface area (Å²) < 4.78 is 5.02. The van der Waals surface area contributed by atoms with Gasteiger partial charge in [-0.2, -0.15) is 0 Å². The predicted molar refractivity (Wildman–Crippen MR) is 63.0 cm³/mol. The number of nitrogens with one attached hydrogen (secondary N) is 1. The summed E-state index contributed by atoms with van der Waals surface area (Å²) >= 11 is 0. The smallest absolute Gasteiger partial charge is 0.332 e. The first kappa shape index (κ1) is 14.0. The molecule has 6 nitrogen and oxygen atoms in total. The van der Waals surface area contributed by atoms with Crippen LogP contribution in [0, 0.1) is 0 Å². The highest BCUT2D eigenvalue weighted by atomic mass is 16.7. The molecule has 98 valence electrons. The number of hydrogen-bond donors (Lipinski definition) is 2. The molecule has 0 atom stereocenters. The number of carbonyl (C=O) groups is 2. The van der Waals surface area contributed by atoms with Crippen LogP contribution in [0.25, 0.3) is 0 Å². The summed E-state index contributed by atoms with van der Waals surface area (Å²) in [5.74, 6) is -0.731. The molecular weight excluding hydrogens is 238 g/mol. The van der Waals surface area contributed by atoms with Crippen LogP contribution in [0.3, 0.4) is 0 Å². The van der Waals surface area contributed by atoms with Gasteiger partial charge in [0.05, 0.1) is 7.11 Å². The number of rotatable bonds is 7. The van der Waals surface area contributed by atoms with Crippen LogP contribution < -0.4 is 10.2 Å². The lowest BCUT2D eigenvalue weighted by Crippen LogP contribution is -2.26. The van der Waals surface area contributed by atoms with Crippen molar-refractivity contribution in [2.45, 2.75) is 12.8 Å². The third-order valence-electron chi connectivity index (χ3n) is 2.18. The van der Waals surface area contributed by atoms with Gasteiger partial charge in [-0.15, -0.1) is 0 Å². The molecule has 2 N–H and O–H groups in total. The van der Waals surface area contributed by atoms with E-state index >= 15 is 0 Å². The Balaban J connectivity index is 2.26. The number of hydroxylamine groups is 1. The highest BCUT2D eigenvalue weighted by Gasteiger charge is 2.04. The second-order valence-electron chi connectivity index (χ2n) is 3.56. The van der Waals surface area contributed by atoms with Crippen LogP contribution in [0.1, 0.15) is 12.0 Å². The predicted octanol–water partition coefficient (Wildman–Crippen LogP) is 0.760. The molecule has 0 saturated carbocycles. The van der Waals surface area contributed by atoms with Crippen molar-refractivity contribution in [1.29, 1.82) is 0 Å². The normalized spacial score (nSPS) is 9.83. The summed E-state index contributed by atoms with van der Waals surface area (Å²) in [5, 5.41) is 8.30. The maximum absolute atomic E-state index is 11.3. The number of carboxylic acid groups (broad SMARTS) is 1. The summed E-state index contributed by atoms with van der Waals surface area (Å²) in [6.45, 7) is -0.547. The first-order valence-corrected chi connectivity index (χ1v) is 5.37. The fourth-order valence-electron chi connectivity index (χ4n) is 1.28. The minimum absolute atomic E-state index is 0.228. The van der Waals surface area contributed by atoms with Crippen molar-refractivity contribution < 1.29 is 24.3 Å². The van der Waals surface area contributed by atoms with Gasteiger partial charge in [0, 0.05) is 6.42 Å². The second kappa shape index (κ2) is 7.29. The van der Waals surface area contributed by atoms with E-state index in [4.69, 9.17) is 9.84 Å². The average molecular weight is 253 g/mol. The Morgan fingerprint density at radius 1 is 1.28 bits per heavy atom. The molecule has 0 aliphatic carbocycles. The van der Waals surface area contributed by atoms with Gasteiger partial charge < -0.3 is 9.84 Å². The molecule has 1 aromatic carbocycles. The topological polar surface area (TPSA) is 84.9 Å². The van der Waals surface area contributed by atoms with Gasteiger partial charge in [-0.05, 0) is 24.1 Å². The Morgan fingerprint density at radius 3 is 2.50 bits per heavy atom. The lowest BCUT2D eigenvalue weighted by Gasteiger charge is -2.05. The largest absolute Gasteiger partial charge is 0.497 e. The average Bonchev–Trinajstić information content (AvgIpc) is 2.36. The number of methoxy groups -OCH3 is 1. The third-order valence-corrected chi connectivity index (χ3v) is 2.18. The van der Waals surface area contributed by atoms with E-state index in [0.29, 0.717) is 6.42 Å². The number of hydrogen-bond acceptors (Lipinski definition) is 4. The van der Waals surface area contributed by atoms with Crippen molar-refractivity contribution in [1.82, 2.24) is 5.48 Å². The Kier molecular flexibility index (Phi) is 5.66. The standard InChI is InChI=1S/C12H15NO5/c1-17-10-5-2-9(3-6-10)4-7-11(14)13-18-8-12(15)16/h2-3,5-6H,4,7-8H2,1H3,(H,13,14)(H,15,16). The number of ether oxygens (including phenoxy) is 1. The van der Waals surface area contributed by atoms with Gasteiger partial charge >= 0.3 is 5.97 Å². The number of carboxylic acids is 1. The van der Waals surface area contributed by atoms with Gasteiger partial charge in [0.15, 0.2) is 6.61 Å². The fraction of sp³-hybridized carbons (Fsp3) is 0.333. The third kappa shape index (κ3) is 5.31. The summed E-state index contributed by atoms with van der Waals surface area (Å²) in [6.07, 6.45) is 0.776. The molecular formula is C12H15NO5. The zero-order valence-electron chi connectivity index (χ0n) is 10.0. The fourth-order valence-corrected chi connectivity index (χ4v) is 1.28. The molecule has 1 rings (SSSR count). The summed E-state index contributed by atoms with van der Waals surface area (Å²) in [6, 6.07) is 7.36. The zero-order valence-corrected chi connectivity index (χ0v) is 10.0. The minimum atomic E-state index is -1.13. The van der Waals surface area contributed by atoms with E-state index in [0.717, 1.165) is 11.3 Å². The van der Waals surface area contributed by atoms with E-state index < -0.39 is 12.6 Å². The molecule has 0 spiro atoms. The molecule has 0 aromatic heterocycles. The number of aliphatic carboxylic acids is 1. The molecule has 18 heavy (non-hydrogen) atoms. The van der Waals surface area contributed by atoms with Crippen LogP contribution in [0.15, 0.2) is 24.3 Å². The van der Waals surface area contributed by atoms with Gasteiger partial charge in [-0.25, -0.2) is 10.3 Å². The molecule has 1 amide bonds. The van der Waals surface area contributed by atoms with E-state index in [1.165, 1.54) is 0 Å². The van der Waals surface area contributed by atoms with E-state index in [2.05, 4.69) is 10.3 Å². The molecule has 0 aliphatic rings. The molecule has 0 fully saturated rings. The van der Waals surface area contributed by atoms with Crippen LogP contribution >= 0.6 is 0 Å². The quantitative estimate of drug-likeness (QED) is 0.701. The van der Waals surface area contributed by atoms with Crippen LogP contribution in [-0.2, 0) is 20.8 Å². The van der Waals surface area contributed by atoms with Crippen molar-refractivity contribution in [3.8, 4) is 5.75 Å². The summed E-state index contributed by atoms with van der Waals surface area (Å²) in [5.41, 5.74) is 3.05. The van der Waals surface area contributed by atoms with Gasteiger partial charge in [-0.3, -0.25) is 9.63 Å². The summed E-state index contributed by atoms with van der Waals surface area (Å²) in [4.78, 5) is 25.9. The Hall–Kier alpha value is -2.08. The molecule has 6 heteroatoms. The Morgan fingerprint density at radius 2 is 1.94 bits per heavy atom. The van der Waals surface area contributed by atoms with E-state index in [-0.39, 0.29) is 12.3 Å². The van der Waals surface area contributed by atoms with Crippen LogP contribution in [-0.4, -0.2) is 30.7 Å². The van der Waals surface area contributed by atoms with Crippen molar-refractivity contribution in [2.75, 3.05) is 13.7 Å². The van der Waals surface area contributed by atoms with E-state index in [1.54, 1.807) is 7.11 Å². The zero-order chi connectivity index (χ0) is 13.4. The first-order valence-electron chi connectivity index (χ1n) is 5.37.